The number of rotatable bonds is 4. The van der Waals surface area contributed by atoms with Crippen LogP contribution in [-0.2, 0) is 11.8 Å². The minimum Gasteiger partial charge on any atom is -0.504 e. The maximum Gasteiger partial charge on any atom is 0.161 e. The summed E-state index contributed by atoms with van der Waals surface area (Å²) in [6.07, 6.45) is 4.65. The Kier molecular flexibility index (Phi) is 4.09. The SMILES string of the molecule is CCCCC12CCN(C)C(Cc3ccc(OC)c(O)c31)C2(C)O. The van der Waals surface area contributed by atoms with Crippen LogP contribution in [0, 0.1) is 0 Å². The Morgan fingerprint density at radius 2 is 2.13 bits per heavy atom. The van der Waals surface area contributed by atoms with Crippen LogP contribution in [0.15, 0.2) is 12.1 Å². The van der Waals surface area contributed by atoms with Gasteiger partial charge in [0.2, 0.25) is 0 Å². The van der Waals surface area contributed by atoms with Gasteiger partial charge in [0.05, 0.1) is 12.7 Å². The summed E-state index contributed by atoms with van der Waals surface area (Å²) >= 11 is 0. The van der Waals surface area contributed by atoms with E-state index in [2.05, 4.69) is 24.9 Å². The van der Waals surface area contributed by atoms with Crippen molar-refractivity contribution in [2.24, 2.45) is 0 Å². The summed E-state index contributed by atoms with van der Waals surface area (Å²) in [6.45, 7) is 5.08. The number of benzene rings is 1. The highest BCUT2D eigenvalue weighted by atomic mass is 16.5. The molecule has 1 aliphatic carbocycles. The molecular weight excluding hydrogens is 290 g/mol. The molecular formula is C19H29NO3. The molecule has 4 nitrogen and oxygen atoms in total. The second kappa shape index (κ2) is 5.67. The molecule has 1 heterocycles. The van der Waals surface area contributed by atoms with Gasteiger partial charge in [0, 0.05) is 17.0 Å². The van der Waals surface area contributed by atoms with Crippen molar-refractivity contribution < 1.29 is 14.9 Å². The van der Waals surface area contributed by atoms with E-state index in [4.69, 9.17) is 4.74 Å². The van der Waals surface area contributed by atoms with Gasteiger partial charge in [-0.2, -0.15) is 0 Å². The number of aromatic hydroxyl groups is 1. The van der Waals surface area contributed by atoms with Gasteiger partial charge in [-0.1, -0.05) is 25.8 Å². The molecule has 128 valence electrons. The summed E-state index contributed by atoms with van der Waals surface area (Å²) in [5.41, 5.74) is 0.834. The summed E-state index contributed by atoms with van der Waals surface area (Å²) in [6, 6.07) is 4.00. The largest absolute Gasteiger partial charge is 0.504 e. The summed E-state index contributed by atoms with van der Waals surface area (Å²) in [4.78, 5) is 2.27. The second-order valence-electron chi connectivity index (χ2n) is 7.43. The molecule has 1 aromatic carbocycles. The van der Waals surface area contributed by atoms with Gasteiger partial charge in [-0.15, -0.1) is 0 Å². The van der Waals surface area contributed by atoms with Gasteiger partial charge < -0.3 is 19.8 Å². The normalized spacial score (nSPS) is 33.3. The van der Waals surface area contributed by atoms with Gasteiger partial charge in [-0.05, 0) is 51.4 Å². The van der Waals surface area contributed by atoms with E-state index in [9.17, 15) is 10.2 Å². The first kappa shape index (κ1) is 16.6. The third-order valence-corrected chi connectivity index (χ3v) is 6.34. The second-order valence-corrected chi connectivity index (χ2v) is 7.43. The lowest BCUT2D eigenvalue weighted by molar-refractivity contribution is -0.132. The van der Waals surface area contributed by atoms with Crippen molar-refractivity contribution in [2.75, 3.05) is 20.7 Å². The molecule has 0 radical (unpaired) electrons. The van der Waals surface area contributed by atoms with E-state index in [0.29, 0.717) is 5.75 Å². The predicted molar refractivity (Wildman–Crippen MR) is 91.2 cm³/mol. The lowest BCUT2D eigenvalue weighted by Crippen LogP contribution is -2.69. The first-order valence-corrected chi connectivity index (χ1v) is 8.71. The Hall–Kier alpha value is -1.26. The van der Waals surface area contributed by atoms with E-state index in [1.54, 1.807) is 7.11 Å². The smallest absolute Gasteiger partial charge is 0.161 e. The topological polar surface area (TPSA) is 52.9 Å². The number of aliphatic hydroxyl groups is 1. The lowest BCUT2D eigenvalue weighted by atomic mass is 9.53. The van der Waals surface area contributed by atoms with Gasteiger partial charge in [-0.3, -0.25) is 0 Å². The molecule has 2 N–H and O–H groups in total. The van der Waals surface area contributed by atoms with Crippen molar-refractivity contribution in [3.8, 4) is 11.5 Å². The number of phenolic OH excluding ortho intramolecular Hbond substituents is 1. The van der Waals surface area contributed by atoms with Crippen LogP contribution in [0.1, 0.15) is 50.7 Å². The molecule has 2 aliphatic rings. The monoisotopic (exact) mass is 319 g/mol. The van der Waals surface area contributed by atoms with Gasteiger partial charge >= 0.3 is 0 Å². The quantitative estimate of drug-likeness (QED) is 0.896. The van der Waals surface area contributed by atoms with Crippen molar-refractivity contribution in [1.29, 1.82) is 0 Å². The fourth-order valence-electron chi connectivity index (χ4n) is 4.93. The van der Waals surface area contributed by atoms with Crippen LogP contribution in [0.3, 0.4) is 0 Å². The Bertz CT molecular complexity index is 595. The van der Waals surface area contributed by atoms with Gasteiger partial charge in [0.1, 0.15) is 0 Å². The third kappa shape index (κ3) is 2.18. The maximum absolute atomic E-state index is 11.5. The van der Waals surface area contributed by atoms with Crippen molar-refractivity contribution in [2.45, 2.75) is 63.0 Å². The molecule has 23 heavy (non-hydrogen) atoms. The molecule has 3 atom stereocenters. The number of piperidine rings is 1. The van der Waals surface area contributed by atoms with E-state index >= 15 is 0 Å². The Labute approximate surface area is 139 Å². The highest BCUT2D eigenvalue weighted by Crippen LogP contribution is 2.57. The van der Waals surface area contributed by atoms with E-state index in [1.807, 2.05) is 13.0 Å². The van der Waals surface area contributed by atoms with Gasteiger partial charge in [0.25, 0.3) is 0 Å². The minimum atomic E-state index is -0.855. The zero-order chi connectivity index (χ0) is 16.8. The summed E-state index contributed by atoms with van der Waals surface area (Å²) < 4.78 is 5.35. The van der Waals surface area contributed by atoms with E-state index < -0.39 is 11.0 Å². The number of hydrogen-bond acceptors (Lipinski definition) is 4. The number of hydrogen-bond donors (Lipinski definition) is 2. The van der Waals surface area contributed by atoms with Gasteiger partial charge in [-0.25, -0.2) is 0 Å². The van der Waals surface area contributed by atoms with Gasteiger partial charge in [0.15, 0.2) is 11.5 Å². The molecule has 1 saturated heterocycles. The zero-order valence-electron chi connectivity index (χ0n) is 14.7. The zero-order valence-corrected chi connectivity index (χ0v) is 14.7. The summed E-state index contributed by atoms with van der Waals surface area (Å²) in [5.74, 6) is 0.734. The van der Waals surface area contributed by atoms with Crippen LogP contribution >= 0.6 is 0 Å². The molecule has 0 saturated carbocycles. The molecule has 0 aromatic heterocycles. The molecule has 0 amide bonds. The molecule has 0 spiro atoms. The Balaban J connectivity index is 2.24. The molecule has 4 heteroatoms. The van der Waals surface area contributed by atoms with Crippen LogP contribution in [0.2, 0.25) is 0 Å². The van der Waals surface area contributed by atoms with Crippen molar-refractivity contribution >= 4 is 0 Å². The first-order chi connectivity index (χ1) is 10.9. The molecule has 3 unspecified atom stereocenters. The number of unbranched alkanes of at least 4 members (excludes halogenated alkanes) is 1. The number of likely N-dealkylation sites (tertiary alicyclic amines) is 1. The van der Waals surface area contributed by atoms with Crippen LogP contribution in [0.5, 0.6) is 11.5 Å². The number of likely N-dealkylation sites (N-methyl/N-ethyl adjacent to an activating group) is 1. The lowest BCUT2D eigenvalue weighted by Gasteiger charge is -2.60. The summed E-state index contributed by atoms with van der Waals surface area (Å²) in [7, 11) is 3.68. The summed E-state index contributed by atoms with van der Waals surface area (Å²) in [5, 5.41) is 22.4. The van der Waals surface area contributed by atoms with Crippen LogP contribution in [0.25, 0.3) is 0 Å². The number of nitrogens with zero attached hydrogens (tertiary/aromatic N) is 1. The van der Waals surface area contributed by atoms with E-state index in [0.717, 1.165) is 49.8 Å². The van der Waals surface area contributed by atoms with Crippen molar-refractivity contribution in [1.82, 2.24) is 4.90 Å². The van der Waals surface area contributed by atoms with E-state index in [-0.39, 0.29) is 11.8 Å². The minimum absolute atomic E-state index is 0.0911. The standard InChI is InChI=1S/C19H29NO3/c1-5-6-9-19-10-11-20(3)15(18(19,2)22)12-13-7-8-14(23-4)17(21)16(13)19/h7-8,15,21-22H,5-6,9-12H2,1-4H3. The number of phenols is 1. The van der Waals surface area contributed by atoms with Crippen molar-refractivity contribution in [3.05, 3.63) is 23.3 Å². The molecule has 1 aliphatic heterocycles. The average Bonchev–Trinajstić information content (AvgIpc) is 2.51. The highest BCUT2D eigenvalue weighted by Gasteiger charge is 2.60. The fraction of sp³-hybridized carbons (Fsp3) is 0.684. The number of ether oxygens (including phenoxy) is 1. The van der Waals surface area contributed by atoms with Crippen LogP contribution in [-0.4, -0.2) is 47.5 Å². The fourth-order valence-corrected chi connectivity index (χ4v) is 4.93. The number of fused-ring (bicyclic) bond motifs is 4. The van der Waals surface area contributed by atoms with Crippen LogP contribution < -0.4 is 4.74 Å². The molecule has 1 aromatic rings. The molecule has 3 rings (SSSR count). The highest BCUT2D eigenvalue weighted by molar-refractivity contribution is 5.57. The predicted octanol–water partition coefficient (Wildman–Crippen LogP) is 2.84. The Morgan fingerprint density at radius 1 is 1.39 bits per heavy atom. The van der Waals surface area contributed by atoms with E-state index in [1.165, 1.54) is 0 Å². The maximum atomic E-state index is 11.5. The Morgan fingerprint density at radius 3 is 2.78 bits per heavy atom. The average molecular weight is 319 g/mol. The first-order valence-electron chi connectivity index (χ1n) is 8.71. The molecule has 1 fully saturated rings. The van der Waals surface area contributed by atoms with Crippen LogP contribution in [0.4, 0.5) is 0 Å². The third-order valence-electron chi connectivity index (χ3n) is 6.34. The van der Waals surface area contributed by atoms with Crippen molar-refractivity contribution in [3.63, 3.8) is 0 Å². The number of methoxy groups -OCH3 is 1. The molecule has 2 bridgehead atoms.